The monoisotopic (exact) mass is 561 g/mol. The second kappa shape index (κ2) is 10.7. The number of nitrogens with one attached hydrogen (secondary N) is 2. The van der Waals surface area contributed by atoms with Crippen LogP contribution in [0, 0.1) is 5.82 Å². The van der Waals surface area contributed by atoms with E-state index < -0.39 is 45.9 Å². The van der Waals surface area contributed by atoms with E-state index in [1.54, 1.807) is 6.92 Å². The van der Waals surface area contributed by atoms with Gasteiger partial charge < -0.3 is 14.8 Å². The van der Waals surface area contributed by atoms with E-state index in [1.807, 2.05) is 0 Å². The first-order valence-corrected chi connectivity index (χ1v) is 12.9. The van der Waals surface area contributed by atoms with Crippen LogP contribution in [0.25, 0.3) is 0 Å². The van der Waals surface area contributed by atoms with E-state index in [-0.39, 0.29) is 40.9 Å². The van der Waals surface area contributed by atoms with Crippen molar-refractivity contribution in [2.45, 2.75) is 62.9 Å². The summed E-state index contributed by atoms with van der Waals surface area (Å²) in [7, 11) is -4.34. The fraction of sp³-hybridized carbons (Fsp3) is 0.417. The molecule has 0 aliphatic carbocycles. The Balaban J connectivity index is 2.04. The van der Waals surface area contributed by atoms with Crippen LogP contribution in [-0.4, -0.2) is 50.9 Å². The van der Waals surface area contributed by atoms with Crippen molar-refractivity contribution in [1.29, 1.82) is 0 Å². The molecule has 2 amide bonds. The predicted molar refractivity (Wildman–Crippen MR) is 130 cm³/mol. The average molecular weight is 562 g/mol. The van der Waals surface area contributed by atoms with Crippen molar-refractivity contribution < 1.29 is 45.0 Å². The molecule has 208 valence electrons. The second-order valence-corrected chi connectivity index (χ2v) is 10.8. The molecular weight excluding hydrogens is 534 g/mol. The minimum absolute atomic E-state index is 0.0202. The number of hydrogen-bond acceptors (Lipinski definition) is 6. The number of nitrogens with zero attached hydrogens (tertiary/aromatic N) is 1. The minimum atomic E-state index is -4.83. The zero-order valence-corrected chi connectivity index (χ0v) is 21.7. The first-order valence-electron chi connectivity index (χ1n) is 11.5. The number of ether oxygens (including phenoxy) is 2. The summed E-state index contributed by atoms with van der Waals surface area (Å²) in [6, 6.07) is 7.15. The van der Waals surface area contributed by atoms with Gasteiger partial charge in [0.1, 0.15) is 17.7 Å². The van der Waals surface area contributed by atoms with Crippen LogP contribution in [0.3, 0.4) is 0 Å². The summed E-state index contributed by atoms with van der Waals surface area (Å²) in [5.74, 6) is -0.930. The van der Waals surface area contributed by atoms with Crippen molar-refractivity contribution in [3.8, 4) is 5.75 Å². The van der Waals surface area contributed by atoms with Crippen LogP contribution in [0.15, 0.2) is 47.4 Å². The Labute approximate surface area is 217 Å². The lowest BCUT2D eigenvalue weighted by atomic mass is 10.0. The predicted octanol–water partition coefficient (Wildman–Crippen LogP) is 4.59. The zero-order chi connectivity index (χ0) is 28.5. The first-order chi connectivity index (χ1) is 17.6. The summed E-state index contributed by atoms with van der Waals surface area (Å²) in [5, 5.41) is 4.78. The Bertz CT molecular complexity index is 1300. The van der Waals surface area contributed by atoms with Crippen LogP contribution in [0.1, 0.15) is 34.1 Å². The second-order valence-electron chi connectivity index (χ2n) is 9.03. The fourth-order valence-corrected chi connectivity index (χ4v) is 5.50. The van der Waals surface area contributed by atoms with Crippen molar-refractivity contribution in [2.75, 3.05) is 16.2 Å². The summed E-state index contributed by atoms with van der Waals surface area (Å²) in [5.41, 5.74) is -2.87. The van der Waals surface area contributed by atoms with Gasteiger partial charge in [-0.1, -0.05) is 6.92 Å². The van der Waals surface area contributed by atoms with Gasteiger partial charge in [-0.2, -0.15) is 13.2 Å². The van der Waals surface area contributed by atoms with E-state index in [0.29, 0.717) is 13.8 Å². The number of hydrogen-bond donors (Lipinski definition) is 2. The average Bonchev–Trinajstić information content (AvgIpc) is 2.80. The SMILES string of the molecule is CC[C@H]1C(CNC(C)=O)Oc2ccc(NC(=O)OC(C)(C)C(F)(F)F)cc2N1S(=O)(=O)c1ccc(F)cc1. The summed E-state index contributed by atoms with van der Waals surface area (Å²) < 4.78 is 91.9. The van der Waals surface area contributed by atoms with E-state index in [4.69, 9.17) is 4.74 Å². The highest BCUT2D eigenvalue weighted by Crippen LogP contribution is 2.42. The number of alkyl halides is 3. The Kier molecular flexibility index (Phi) is 8.15. The van der Waals surface area contributed by atoms with Crippen LogP contribution in [0.4, 0.5) is 33.7 Å². The molecule has 1 aliphatic heterocycles. The normalized spacial score (nSPS) is 17.7. The molecule has 2 aromatic carbocycles. The van der Waals surface area contributed by atoms with Gasteiger partial charge in [0.25, 0.3) is 10.0 Å². The quantitative estimate of drug-likeness (QED) is 0.479. The molecule has 9 nitrogen and oxygen atoms in total. The van der Waals surface area contributed by atoms with Crippen LogP contribution in [-0.2, 0) is 19.6 Å². The van der Waals surface area contributed by atoms with Gasteiger partial charge in [-0.15, -0.1) is 0 Å². The van der Waals surface area contributed by atoms with Crippen molar-refractivity contribution in [2.24, 2.45) is 0 Å². The molecule has 0 radical (unpaired) electrons. The zero-order valence-electron chi connectivity index (χ0n) is 20.9. The third-order valence-corrected chi connectivity index (χ3v) is 7.68. The van der Waals surface area contributed by atoms with Crippen LogP contribution in [0.5, 0.6) is 5.75 Å². The maximum atomic E-state index is 13.8. The van der Waals surface area contributed by atoms with Gasteiger partial charge in [0.15, 0.2) is 0 Å². The molecule has 38 heavy (non-hydrogen) atoms. The molecule has 2 N–H and O–H groups in total. The number of benzene rings is 2. The molecule has 0 aromatic heterocycles. The number of rotatable bonds is 7. The summed E-state index contributed by atoms with van der Waals surface area (Å²) in [4.78, 5) is 23.5. The smallest absolute Gasteiger partial charge is 0.427 e. The van der Waals surface area contributed by atoms with E-state index >= 15 is 0 Å². The Hall–Kier alpha value is -3.55. The number of sulfonamides is 1. The van der Waals surface area contributed by atoms with E-state index in [1.165, 1.54) is 25.1 Å². The molecule has 0 saturated carbocycles. The first kappa shape index (κ1) is 29.0. The molecule has 3 rings (SSSR count). The highest BCUT2D eigenvalue weighted by atomic mass is 32.2. The summed E-state index contributed by atoms with van der Waals surface area (Å²) >= 11 is 0. The molecule has 0 saturated heterocycles. The fourth-order valence-electron chi connectivity index (χ4n) is 3.75. The van der Waals surface area contributed by atoms with E-state index in [0.717, 1.165) is 28.6 Å². The lowest BCUT2D eigenvalue weighted by Gasteiger charge is -2.42. The molecule has 14 heteroatoms. The molecule has 1 unspecified atom stereocenters. The molecular formula is C24H27F4N3O6S. The number of carbonyl (C=O) groups is 2. The van der Waals surface area contributed by atoms with Crippen molar-refractivity contribution in [1.82, 2.24) is 5.32 Å². The van der Waals surface area contributed by atoms with Gasteiger partial charge in [-0.05, 0) is 62.7 Å². The molecule has 0 spiro atoms. The maximum absolute atomic E-state index is 13.8. The van der Waals surface area contributed by atoms with E-state index in [9.17, 15) is 35.6 Å². The molecule has 0 bridgehead atoms. The van der Waals surface area contributed by atoms with E-state index in [2.05, 4.69) is 15.4 Å². The number of carbonyl (C=O) groups excluding carboxylic acids is 2. The van der Waals surface area contributed by atoms with Crippen molar-refractivity contribution >= 4 is 33.4 Å². The van der Waals surface area contributed by atoms with Gasteiger partial charge in [-0.3, -0.25) is 14.4 Å². The molecule has 2 aromatic rings. The largest absolute Gasteiger partial charge is 0.484 e. The third-order valence-electron chi connectivity index (χ3n) is 5.82. The highest BCUT2D eigenvalue weighted by Gasteiger charge is 2.51. The van der Waals surface area contributed by atoms with Gasteiger partial charge >= 0.3 is 12.3 Å². The number of anilines is 2. The van der Waals surface area contributed by atoms with Gasteiger partial charge in [0.2, 0.25) is 11.5 Å². The van der Waals surface area contributed by atoms with Gasteiger partial charge in [0.05, 0.1) is 23.2 Å². The molecule has 2 atom stereocenters. The topological polar surface area (TPSA) is 114 Å². The highest BCUT2D eigenvalue weighted by molar-refractivity contribution is 7.92. The molecule has 0 fully saturated rings. The van der Waals surface area contributed by atoms with Crippen molar-refractivity contribution in [3.05, 3.63) is 48.3 Å². The van der Waals surface area contributed by atoms with Gasteiger partial charge in [0, 0.05) is 12.6 Å². The van der Waals surface area contributed by atoms with Gasteiger partial charge in [-0.25, -0.2) is 17.6 Å². The maximum Gasteiger partial charge on any atom is 0.427 e. The molecule has 1 heterocycles. The lowest BCUT2D eigenvalue weighted by molar-refractivity contribution is -0.242. The Morgan fingerprint density at radius 3 is 2.29 bits per heavy atom. The minimum Gasteiger partial charge on any atom is -0.484 e. The molecule has 1 aliphatic rings. The standard InChI is InChI=1S/C24H27F4N3O6S/c1-5-18-21(13-29-14(2)32)36-20-11-8-16(30-22(33)37-23(3,4)24(26,27)28)12-19(20)31(18)38(34,35)17-9-6-15(25)7-10-17/h6-12,18,21H,5,13H2,1-4H3,(H,29,32)(H,30,33)/t18-,21?/m0/s1. The Morgan fingerprint density at radius 2 is 1.74 bits per heavy atom. The summed E-state index contributed by atoms with van der Waals surface area (Å²) in [6.07, 6.45) is -6.83. The summed E-state index contributed by atoms with van der Waals surface area (Å²) in [6.45, 7) is 4.34. The number of amides is 2. The number of fused-ring (bicyclic) bond motifs is 1. The van der Waals surface area contributed by atoms with Crippen LogP contribution < -0.4 is 19.7 Å². The number of halogens is 4. The Morgan fingerprint density at radius 1 is 1.11 bits per heavy atom. The van der Waals surface area contributed by atoms with Crippen LogP contribution in [0.2, 0.25) is 0 Å². The van der Waals surface area contributed by atoms with Crippen LogP contribution >= 0.6 is 0 Å². The van der Waals surface area contributed by atoms with Crippen molar-refractivity contribution in [3.63, 3.8) is 0 Å². The lowest BCUT2D eigenvalue weighted by Crippen LogP contribution is -2.55. The third kappa shape index (κ3) is 6.11.